The molecule has 0 aromatic rings. The first-order valence-electron chi connectivity index (χ1n) is 2.83. The van der Waals surface area contributed by atoms with Crippen molar-refractivity contribution in [2.75, 3.05) is 0 Å². The first kappa shape index (κ1) is 145. The summed E-state index contributed by atoms with van der Waals surface area (Å²) in [5.41, 5.74) is 0. The zero-order chi connectivity index (χ0) is 14.3. The summed E-state index contributed by atoms with van der Waals surface area (Å²) in [6.45, 7) is 0. The molecule has 0 aromatic heterocycles. The van der Waals surface area contributed by atoms with Crippen LogP contribution in [-0.4, -0.2) is 45.7 Å². The van der Waals surface area contributed by atoms with Gasteiger partial charge in [-0.25, -0.2) is 0 Å². The molecule has 0 aliphatic carbocycles. The molecule has 6 N–H and O–H groups in total. The standard InChI is InChI=1S/4BO3.12Li.3H2O/c4*2-1(3)4;;;;;;;;;;;;;;;/h;;;;;;;;;;;;;;;;3*1H2/q4*-3;12*+1;;;. The van der Waals surface area contributed by atoms with Crippen molar-refractivity contribution < 1.29 is 303 Å². The van der Waals surface area contributed by atoms with E-state index in [4.69, 9.17) is 60.3 Å². The molecule has 31 heavy (non-hydrogen) atoms. The van der Waals surface area contributed by atoms with Crippen molar-refractivity contribution in [2.45, 2.75) is 0 Å². The van der Waals surface area contributed by atoms with Crippen LogP contribution >= 0.6 is 0 Å². The summed E-state index contributed by atoms with van der Waals surface area (Å²) in [6.07, 6.45) is 0. The minimum absolute atomic E-state index is 0. The Morgan fingerprint density at radius 1 is 0.194 bits per heavy atom. The van der Waals surface area contributed by atoms with E-state index in [1.54, 1.807) is 0 Å². The van der Waals surface area contributed by atoms with E-state index < -0.39 is 29.3 Å². The van der Waals surface area contributed by atoms with Crippen LogP contribution in [0.15, 0.2) is 0 Å². The van der Waals surface area contributed by atoms with Crippen molar-refractivity contribution in [1.29, 1.82) is 0 Å². The maximum Gasteiger partial charge on any atom is 1.00 e. The van der Waals surface area contributed by atoms with Crippen LogP contribution in [0.4, 0.5) is 0 Å². The summed E-state index contributed by atoms with van der Waals surface area (Å²) >= 11 is 0. The van der Waals surface area contributed by atoms with Crippen LogP contribution in [0.1, 0.15) is 0 Å². The molecule has 0 aromatic carbocycles. The van der Waals surface area contributed by atoms with Gasteiger partial charge in [0.1, 0.15) is 0 Å². The van der Waals surface area contributed by atoms with E-state index in [2.05, 4.69) is 0 Å². The Kier molecular flexibility index (Phi) is 623. The molecule has 0 amide bonds. The summed E-state index contributed by atoms with van der Waals surface area (Å²) in [6, 6.07) is 0. The molecule has 0 spiro atoms. The van der Waals surface area contributed by atoms with Gasteiger partial charge in [-0.15, -0.1) is 0 Å². The van der Waals surface area contributed by atoms with Crippen molar-refractivity contribution in [3.8, 4) is 0 Å². The van der Waals surface area contributed by atoms with Crippen molar-refractivity contribution >= 4 is 29.3 Å². The van der Waals surface area contributed by atoms with E-state index in [9.17, 15) is 0 Å². The first-order chi connectivity index (χ1) is 6.93. The third kappa shape index (κ3) is 958. The average molecular weight is 373 g/mol. The fraction of sp³-hybridized carbons (Fsp3) is 0. The second-order valence-corrected chi connectivity index (χ2v) is 1.15. The average Bonchev–Trinajstić information content (AvgIpc) is 1.76. The van der Waals surface area contributed by atoms with Gasteiger partial charge in [-0.1, -0.05) is 0 Å². The molecule has 0 saturated heterocycles. The van der Waals surface area contributed by atoms with E-state index in [0.717, 1.165) is 0 Å². The maximum atomic E-state index is 8.42. The molecule has 0 bridgehead atoms. The Hall–Kier alpha value is 6.83. The molecule has 120 valence electrons. The molecule has 0 aliphatic heterocycles. The fourth-order valence-electron chi connectivity index (χ4n) is 0. The van der Waals surface area contributed by atoms with Crippen LogP contribution in [0.5, 0.6) is 0 Å². The molecule has 0 atom stereocenters. The largest absolute Gasteiger partial charge is 1.00 e. The van der Waals surface area contributed by atoms with Gasteiger partial charge < -0.3 is 76.7 Å². The molecule has 0 saturated carbocycles. The van der Waals surface area contributed by atoms with Gasteiger partial charge in [0, 0.05) is 0 Å². The van der Waals surface area contributed by atoms with Gasteiger partial charge >= 0.3 is 226 Å². The van der Waals surface area contributed by atoms with Crippen molar-refractivity contribution in [2.24, 2.45) is 0 Å². The smallest absolute Gasteiger partial charge is 0.907 e. The molecule has 0 radical (unpaired) electrons. The molecule has 31 heteroatoms. The Balaban J connectivity index is -0.00000000314. The van der Waals surface area contributed by atoms with Crippen LogP contribution in [0, 0.1) is 0 Å². The van der Waals surface area contributed by atoms with Crippen LogP contribution < -0.4 is 287 Å². The van der Waals surface area contributed by atoms with Crippen LogP contribution in [0.3, 0.4) is 0 Å². The molecular weight excluding hydrogens is 367 g/mol. The quantitative estimate of drug-likeness (QED) is 0.357. The first-order valence-corrected chi connectivity index (χ1v) is 2.83. The van der Waals surface area contributed by atoms with E-state index in [1.165, 1.54) is 0 Å². The Morgan fingerprint density at radius 3 is 0.194 bits per heavy atom. The summed E-state index contributed by atoms with van der Waals surface area (Å²) in [5.74, 6) is 0. The van der Waals surface area contributed by atoms with E-state index in [-0.39, 0.29) is 243 Å². The van der Waals surface area contributed by atoms with Gasteiger partial charge in [-0.2, -0.15) is 0 Å². The summed E-state index contributed by atoms with van der Waals surface area (Å²) in [7, 11) is -11.7. The predicted molar refractivity (Wildman–Crippen MR) is 33.9 cm³/mol. The molecule has 15 nitrogen and oxygen atoms in total. The summed E-state index contributed by atoms with van der Waals surface area (Å²) in [4.78, 5) is 0. The third-order valence-electron chi connectivity index (χ3n) is 0. The molecule has 0 unspecified atom stereocenters. The van der Waals surface area contributed by atoms with Crippen molar-refractivity contribution in [3.05, 3.63) is 0 Å². The number of hydrogen-bond donors (Lipinski definition) is 0. The molecular formula is H6B4Li12O15. The van der Waals surface area contributed by atoms with Gasteiger partial charge in [0.05, 0.1) is 0 Å². The summed E-state index contributed by atoms with van der Waals surface area (Å²) in [5, 5.41) is 101. The van der Waals surface area contributed by atoms with Crippen molar-refractivity contribution in [3.63, 3.8) is 0 Å². The molecule has 0 aliphatic rings. The Morgan fingerprint density at radius 2 is 0.194 bits per heavy atom. The third-order valence-corrected chi connectivity index (χ3v) is 0. The number of hydrogen-bond acceptors (Lipinski definition) is 12. The second kappa shape index (κ2) is 133. The van der Waals surface area contributed by atoms with Crippen LogP contribution in [-0.2, 0) is 0 Å². The van der Waals surface area contributed by atoms with Gasteiger partial charge in [0.25, 0.3) is 0 Å². The SMILES string of the molecule is O.O.O.[Li+].[Li+].[Li+].[Li+].[Li+].[Li+].[Li+].[Li+].[Li+].[Li+].[Li+].[Li+].[O-]B([O-])[O-].[O-]B([O-])[O-].[O-]B([O-])[O-].[O-]B([O-])[O-]. The van der Waals surface area contributed by atoms with Crippen LogP contribution in [0.2, 0.25) is 0 Å². The Bertz CT molecular complexity index is 87.0. The van der Waals surface area contributed by atoms with E-state index in [1.807, 2.05) is 0 Å². The number of rotatable bonds is 0. The molecule has 0 rings (SSSR count). The Labute approximate surface area is 327 Å². The molecule has 0 heterocycles. The van der Waals surface area contributed by atoms with Gasteiger partial charge in [-0.3, -0.25) is 29.3 Å². The van der Waals surface area contributed by atoms with Crippen molar-refractivity contribution in [1.82, 2.24) is 0 Å². The minimum Gasteiger partial charge on any atom is -0.907 e. The van der Waals surface area contributed by atoms with Gasteiger partial charge in [-0.05, 0) is 0 Å². The van der Waals surface area contributed by atoms with Gasteiger partial charge in [0.15, 0.2) is 0 Å². The predicted octanol–water partition coefficient (Wildman–Crippen LogP) is -54.2. The second-order valence-electron chi connectivity index (χ2n) is 1.15. The van der Waals surface area contributed by atoms with E-state index in [0.29, 0.717) is 0 Å². The maximum absolute atomic E-state index is 8.42. The zero-order valence-electron chi connectivity index (χ0n) is 20.7. The minimum atomic E-state index is -2.92. The molecule has 0 fully saturated rings. The fourth-order valence-corrected chi connectivity index (χ4v) is 0. The topological polar surface area (TPSA) is 371 Å². The van der Waals surface area contributed by atoms with E-state index >= 15 is 0 Å². The summed E-state index contributed by atoms with van der Waals surface area (Å²) < 4.78 is 0. The zero-order valence-corrected chi connectivity index (χ0v) is 20.7. The van der Waals surface area contributed by atoms with Gasteiger partial charge in [0.2, 0.25) is 0 Å². The van der Waals surface area contributed by atoms with Crippen LogP contribution in [0.25, 0.3) is 0 Å². The monoisotopic (exact) mass is 374 g/mol. The normalized spacial score (nSPS) is 3.48.